The van der Waals surface area contributed by atoms with E-state index in [4.69, 9.17) is 9.47 Å². The van der Waals surface area contributed by atoms with Crippen molar-refractivity contribution in [3.05, 3.63) is 29.8 Å². The van der Waals surface area contributed by atoms with Gasteiger partial charge in [0.25, 0.3) is 0 Å². The largest absolute Gasteiger partial charge is 0.491 e. The molecule has 1 heterocycles. The summed E-state index contributed by atoms with van der Waals surface area (Å²) in [5.41, 5.74) is 1.42. The van der Waals surface area contributed by atoms with Crippen LogP contribution < -0.4 is 4.74 Å². The third kappa shape index (κ3) is 2.99. The van der Waals surface area contributed by atoms with Gasteiger partial charge in [0, 0.05) is 0 Å². The topological polar surface area (TPSA) is 21.8 Å². The van der Waals surface area contributed by atoms with Gasteiger partial charge in [-0.05, 0) is 36.5 Å². The quantitative estimate of drug-likeness (QED) is 0.686. The van der Waals surface area contributed by atoms with Gasteiger partial charge in [-0.1, -0.05) is 26.0 Å². The molecular formula is C14H20O2. The zero-order valence-electron chi connectivity index (χ0n) is 10.1. The average molecular weight is 220 g/mol. The van der Waals surface area contributed by atoms with Crippen LogP contribution in [0.5, 0.6) is 5.75 Å². The fourth-order valence-corrected chi connectivity index (χ4v) is 1.95. The zero-order valence-corrected chi connectivity index (χ0v) is 10.1. The predicted molar refractivity (Wildman–Crippen MR) is 65.0 cm³/mol. The van der Waals surface area contributed by atoms with Gasteiger partial charge in [-0.3, -0.25) is 0 Å². The summed E-state index contributed by atoms with van der Waals surface area (Å²) >= 11 is 0. The predicted octanol–water partition coefficient (Wildman–Crippen LogP) is 3.37. The van der Waals surface area contributed by atoms with E-state index in [0.29, 0.717) is 18.6 Å². The summed E-state index contributed by atoms with van der Waals surface area (Å²) in [7, 11) is 0. The molecular weight excluding hydrogens is 200 g/mol. The molecule has 0 aliphatic carbocycles. The first-order valence-electron chi connectivity index (χ1n) is 6.17. The number of benzene rings is 1. The summed E-state index contributed by atoms with van der Waals surface area (Å²) in [6.07, 6.45) is 2.73. The Hall–Kier alpha value is -1.02. The molecule has 16 heavy (non-hydrogen) atoms. The van der Waals surface area contributed by atoms with E-state index in [9.17, 15) is 0 Å². The molecule has 1 aromatic carbocycles. The van der Waals surface area contributed by atoms with E-state index in [1.165, 1.54) is 18.4 Å². The monoisotopic (exact) mass is 220 g/mol. The molecule has 1 saturated heterocycles. The van der Waals surface area contributed by atoms with Crippen molar-refractivity contribution in [1.29, 1.82) is 0 Å². The van der Waals surface area contributed by atoms with Crippen molar-refractivity contribution in [2.24, 2.45) is 0 Å². The highest BCUT2D eigenvalue weighted by Gasteiger charge is 2.22. The van der Waals surface area contributed by atoms with Crippen LogP contribution >= 0.6 is 0 Å². The Morgan fingerprint density at radius 3 is 2.38 bits per heavy atom. The fourth-order valence-electron chi connectivity index (χ4n) is 1.95. The molecule has 0 radical (unpaired) electrons. The van der Waals surface area contributed by atoms with Gasteiger partial charge < -0.3 is 9.47 Å². The molecule has 2 heteroatoms. The van der Waals surface area contributed by atoms with Crippen molar-refractivity contribution >= 4 is 0 Å². The van der Waals surface area contributed by atoms with E-state index < -0.39 is 0 Å². The Kier molecular flexibility index (Phi) is 3.83. The number of ether oxygens (including phenoxy) is 2. The lowest BCUT2D eigenvalue weighted by Gasteiger charge is -2.13. The summed E-state index contributed by atoms with van der Waals surface area (Å²) in [6.45, 7) is 6.02. The minimum atomic E-state index is 0.332. The van der Waals surface area contributed by atoms with Gasteiger partial charge in [0.05, 0.1) is 6.61 Å². The molecule has 1 aliphatic heterocycles. The van der Waals surface area contributed by atoms with Crippen LogP contribution in [0.4, 0.5) is 0 Å². The number of rotatable bonds is 6. The maximum atomic E-state index is 5.61. The Labute approximate surface area is 97.6 Å². The number of hydrogen-bond donors (Lipinski definition) is 0. The average Bonchev–Trinajstić information content (AvgIpc) is 3.13. The van der Waals surface area contributed by atoms with Crippen LogP contribution in [0.25, 0.3) is 0 Å². The lowest BCUT2D eigenvalue weighted by atomic mass is 9.94. The first-order valence-corrected chi connectivity index (χ1v) is 6.17. The lowest BCUT2D eigenvalue weighted by molar-refractivity contribution is 0.263. The number of hydrogen-bond acceptors (Lipinski definition) is 2. The zero-order chi connectivity index (χ0) is 11.4. The standard InChI is InChI=1S/C14H20O2/c1-3-11(4-2)12-5-7-13(8-6-12)15-9-14-10-16-14/h5-8,11,14H,3-4,9-10H2,1-2H3. The van der Waals surface area contributed by atoms with Crippen LogP contribution in [-0.2, 0) is 4.74 Å². The molecule has 0 spiro atoms. The normalized spacial score (nSPS) is 18.8. The molecule has 88 valence electrons. The molecule has 1 fully saturated rings. The molecule has 0 saturated carbocycles. The van der Waals surface area contributed by atoms with Crippen LogP contribution in [0.2, 0.25) is 0 Å². The van der Waals surface area contributed by atoms with Crippen LogP contribution in [0.1, 0.15) is 38.2 Å². The molecule has 1 aromatic rings. The van der Waals surface area contributed by atoms with E-state index in [-0.39, 0.29) is 0 Å². The molecule has 1 unspecified atom stereocenters. The van der Waals surface area contributed by atoms with E-state index in [1.807, 2.05) is 0 Å². The maximum Gasteiger partial charge on any atom is 0.119 e. The molecule has 2 rings (SSSR count). The Balaban J connectivity index is 1.91. The molecule has 0 aromatic heterocycles. The van der Waals surface area contributed by atoms with E-state index in [0.717, 1.165) is 12.4 Å². The Morgan fingerprint density at radius 1 is 1.25 bits per heavy atom. The summed E-state index contributed by atoms with van der Waals surface area (Å²) in [4.78, 5) is 0. The second-order valence-electron chi connectivity index (χ2n) is 4.35. The van der Waals surface area contributed by atoms with Gasteiger partial charge in [-0.2, -0.15) is 0 Å². The Bertz CT molecular complexity index is 310. The molecule has 1 aliphatic rings. The van der Waals surface area contributed by atoms with Gasteiger partial charge in [-0.25, -0.2) is 0 Å². The minimum absolute atomic E-state index is 0.332. The van der Waals surface area contributed by atoms with Gasteiger partial charge >= 0.3 is 0 Å². The summed E-state index contributed by atoms with van der Waals surface area (Å²) in [5, 5.41) is 0. The highest BCUT2D eigenvalue weighted by atomic mass is 16.6. The van der Waals surface area contributed by atoms with Gasteiger partial charge in [0.2, 0.25) is 0 Å². The highest BCUT2D eigenvalue weighted by molar-refractivity contribution is 5.29. The van der Waals surface area contributed by atoms with Gasteiger partial charge in [0.15, 0.2) is 0 Å². The fraction of sp³-hybridized carbons (Fsp3) is 0.571. The van der Waals surface area contributed by atoms with Crippen molar-refractivity contribution in [3.63, 3.8) is 0 Å². The summed E-state index contributed by atoms with van der Waals surface area (Å²) < 4.78 is 10.7. The molecule has 0 amide bonds. The lowest BCUT2D eigenvalue weighted by Crippen LogP contribution is -2.04. The van der Waals surface area contributed by atoms with Gasteiger partial charge in [-0.15, -0.1) is 0 Å². The Morgan fingerprint density at radius 2 is 1.88 bits per heavy atom. The van der Waals surface area contributed by atoms with Crippen molar-refractivity contribution < 1.29 is 9.47 Å². The summed E-state index contributed by atoms with van der Waals surface area (Å²) in [6, 6.07) is 8.49. The van der Waals surface area contributed by atoms with Crippen molar-refractivity contribution in [2.45, 2.75) is 38.7 Å². The third-order valence-electron chi connectivity index (χ3n) is 3.18. The van der Waals surface area contributed by atoms with Crippen molar-refractivity contribution in [1.82, 2.24) is 0 Å². The smallest absolute Gasteiger partial charge is 0.119 e. The third-order valence-corrected chi connectivity index (χ3v) is 3.18. The molecule has 0 bridgehead atoms. The van der Waals surface area contributed by atoms with E-state index in [2.05, 4.69) is 38.1 Å². The van der Waals surface area contributed by atoms with Crippen molar-refractivity contribution in [2.75, 3.05) is 13.2 Å². The van der Waals surface area contributed by atoms with Crippen LogP contribution in [-0.4, -0.2) is 19.3 Å². The SMILES string of the molecule is CCC(CC)c1ccc(OCC2CO2)cc1. The highest BCUT2D eigenvalue weighted by Crippen LogP contribution is 2.25. The molecule has 1 atom stereocenters. The number of epoxide rings is 1. The van der Waals surface area contributed by atoms with Crippen LogP contribution in [0.15, 0.2) is 24.3 Å². The first kappa shape index (κ1) is 11.5. The second-order valence-corrected chi connectivity index (χ2v) is 4.35. The van der Waals surface area contributed by atoms with Gasteiger partial charge in [0.1, 0.15) is 18.5 Å². The maximum absolute atomic E-state index is 5.61. The minimum Gasteiger partial charge on any atom is -0.491 e. The van der Waals surface area contributed by atoms with Crippen LogP contribution in [0, 0.1) is 0 Å². The summed E-state index contributed by atoms with van der Waals surface area (Å²) in [5.74, 6) is 1.63. The van der Waals surface area contributed by atoms with Crippen LogP contribution in [0.3, 0.4) is 0 Å². The first-order chi connectivity index (χ1) is 7.83. The van der Waals surface area contributed by atoms with E-state index in [1.54, 1.807) is 0 Å². The molecule has 2 nitrogen and oxygen atoms in total. The second kappa shape index (κ2) is 5.35. The van der Waals surface area contributed by atoms with E-state index >= 15 is 0 Å². The van der Waals surface area contributed by atoms with Crippen molar-refractivity contribution in [3.8, 4) is 5.75 Å². The molecule has 0 N–H and O–H groups in total.